The van der Waals surface area contributed by atoms with Crippen molar-refractivity contribution in [3.8, 4) is 5.13 Å². The van der Waals surface area contributed by atoms with Crippen LogP contribution in [0.4, 0.5) is 11.6 Å². The zero-order chi connectivity index (χ0) is 24.0. The average Bonchev–Trinajstić information content (AvgIpc) is 3.29. The Balaban J connectivity index is 1.47. The Labute approximate surface area is 197 Å². The molecular formula is C23H20N6O4S. The fraction of sp³-hybridized carbons (Fsp3) is 0.217. The quantitative estimate of drug-likeness (QED) is 0.450. The summed E-state index contributed by atoms with van der Waals surface area (Å²) in [6.07, 6.45) is 4.50. The summed E-state index contributed by atoms with van der Waals surface area (Å²) in [5, 5.41) is 14.9. The average molecular weight is 477 g/mol. The van der Waals surface area contributed by atoms with Crippen molar-refractivity contribution < 1.29 is 14.7 Å². The number of hydrogen-bond donors (Lipinski definition) is 2. The molecule has 172 valence electrons. The van der Waals surface area contributed by atoms with E-state index in [9.17, 15) is 19.5 Å². The Hall–Kier alpha value is -4.12. The van der Waals surface area contributed by atoms with Crippen LogP contribution in [0.5, 0.6) is 0 Å². The molecule has 1 aliphatic rings. The molecule has 0 radical (unpaired) electrons. The van der Waals surface area contributed by atoms with E-state index in [-0.39, 0.29) is 22.8 Å². The Kier molecular flexibility index (Phi) is 5.33. The highest BCUT2D eigenvalue weighted by Crippen LogP contribution is 2.29. The summed E-state index contributed by atoms with van der Waals surface area (Å²) in [5.74, 6) is -0.486. The number of carboxylic acids is 1. The molecule has 0 atom stereocenters. The van der Waals surface area contributed by atoms with Gasteiger partial charge in [-0.15, -0.1) is 11.3 Å². The number of aryl methyl sites for hydroxylation is 2. The van der Waals surface area contributed by atoms with Gasteiger partial charge in [0.1, 0.15) is 17.2 Å². The van der Waals surface area contributed by atoms with E-state index < -0.39 is 11.4 Å². The van der Waals surface area contributed by atoms with Gasteiger partial charge in [0.2, 0.25) is 11.3 Å². The summed E-state index contributed by atoms with van der Waals surface area (Å²) in [7, 11) is 0. The van der Waals surface area contributed by atoms with Crippen LogP contribution in [0.3, 0.4) is 0 Å². The van der Waals surface area contributed by atoms with Gasteiger partial charge in [0.05, 0.1) is 11.3 Å². The van der Waals surface area contributed by atoms with Gasteiger partial charge in [-0.2, -0.15) is 0 Å². The van der Waals surface area contributed by atoms with E-state index in [1.54, 1.807) is 30.8 Å². The van der Waals surface area contributed by atoms with Crippen molar-refractivity contribution in [2.45, 2.75) is 13.8 Å². The van der Waals surface area contributed by atoms with Gasteiger partial charge < -0.3 is 15.3 Å². The van der Waals surface area contributed by atoms with E-state index >= 15 is 0 Å². The van der Waals surface area contributed by atoms with Gasteiger partial charge in [-0.05, 0) is 37.1 Å². The molecule has 0 aliphatic carbocycles. The number of carbonyl (C=O) groups is 2. The van der Waals surface area contributed by atoms with Crippen LogP contribution in [0.2, 0.25) is 0 Å². The lowest BCUT2D eigenvalue weighted by Gasteiger charge is -2.39. The number of pyridine rings is 3. The smallest absolute Gasteiger partial charge is 0.341 e. The minimum absolute atomic E-state index is 0.110. The molecule has 1 aliphatic heterocycles. The standard InChI is InChI=1S/C23H20N6O4S/c1-12-4-3-5-24-19(12)27-21(31)14-9-28(10-14)16-8-13(2)17-18(30)15(22(32)33)11-29(20(17)26-16)23-25-6-7-34-23/h3-8,11,14H,9-10H2,1-2H3,(H,32,33)(H,24,27,31). The zero-order valence-corrected chi connectivity index (χ0v) is 19.2. The number of thiazole rings is 1. The van der Waals surface area contributed by atoms with Crippen molar-refractivity contribution >= 4 is 45.9 Å². The first-order chi connectivity index (χ1) is 16.3. The van der Waals surface area contributed by atoms with Crippen molar-refractivity contribution in [1.82, 2.24) is 19.5 Å². The molecule has 0 saturated carbocycles. The van der Waals surface area contributed by atoms with Gasteiger partial charge in [-0.3, -0.25) is 14.2 Å². The van der Waals surface area contributed by atoms with E-state index in [1.165, 1.54) is 22.1 Å². The lowest BCUT2D eigenvalue weighted by Crippen LogP contribution is -2.52. The van der Waals surface area contributed by atoms with Gasteiger partial charge in [-0.1, -0.05) is 6.07 Å². The second-order valence-electron chi connectivity index (χ2n) is 8.12. The fourth-order valence-electron chi connectivity index (χ4n) is 3.94. The van der Waals surface area contributed by atoms with Crippen molar-refractivity contribution in [3.63, 3.8) is 0 Å². The van der Waals surface area contributed by atoms with Crippen molar-refractivity contribution in [1.29, 1.82) is 0 Å². The number of nitrogens with one attached hydrogen (secondary N) is 1. The van der Waals surface area contributed by atoms with E-state index in [1.807, 2.05) is 24.0 Å². The largest absolute Gasteiger partial charge is 0.477 e. The lowest BCUT2D eigenvalue weighted by molar-refractivity contribution is -0.120. The monoisotopic (exact) mass is 476 g/mol. The number of carbonyl (C=O) groups excluding carboxylic acids is 1. The zero-order valence-electron chi connectivity index (χ0n) is 18.3. The van der Waals surface area contributed by atoms with E-state index in [0.29, 0.717) is 41.1 Å². The van der Waals surface area contributed by atoms with Crippen LogP contribution in [0.15, 0.2) is 47.0 Å². The molecule has 11 heteroatoms. The molecule has 1 saturated heterocycles. The molecular weight excluding hydrogens is 456 g/mol. The van der Waals surface area contributed by atoms with Gasteiger partial charge in [0.15, 0.2) is 10.8 Å². The number of fused-ring (bicyclic) bond motifs is 1. The highest BCUT2D eigenvalue weighted by atomic mass is 32.1. The summed E-state index contributed by atoms with van der Waals surface area (Å²) in [6.45, 7) is 4.56. The van der Waals surface area contributed by atoms with Crippen LogP contribution in [0, 0.1) is 19.8 Å². The van der Waals surface area contributed by atoms with Gasteiger partial charge >= 0.3 is 5.97 Å². The molecule has 0 bridgehead atoms. The van der Waals surface area contributed by atoms with Gasteiger partial charge in [-0.25, -0.2) is 19.7 Å². The van der Waals surface area contributed by atoms with Crippen molar-refractivity contribution in [2.24, 2.45) is 5.92 Å². The third kappa shape index (κ3) is 3.69. The van der Waals surface area contributed by atoms with Gasteiger partial charge in [0, 0.05) is 37.1 Å². The fourth-order valence-corrected chi connectivity index (χ4v) is 4.56. The van der Waals surface area contributed by atoms with Gasteiger partial charge in [0.25, 0.3) is 0 Å². The van der Waals surface area contributed by atoms with Crippen LogP contribution in [-0.2, 0) is 4.79 Å². The Bertz CT molecular complexity index is 1490. The minimum atomic E-state index is -1.31. The molecule has 4 aromatic heterocycles. The number of aromatic carboxylic acids is 1. The summed E-state index contributed by atoms with van der Waals surface area (Å²) in [5.41, 5.74) is 0.899. The van der Waals surface area contributed by atoms with E-state index in [4.69, 9.17) is 0 Å². The molecule has 4 aromatic rings. The molecule has 2 N–H and O–H groups in total. The number of hydrogen-bond acceptors (Lipinski definition) is 8. The third-order valence-corrected chi connectivity index (χ3v) is 6.60. The summed E-state index contributed by atoms with van der Waals surface area (Å²) in [4.78, 5) is 52.3. The highest BCUT2D eigenvalue weighted by Gasteiger charge is 2.34. The number of amides is 1. The van der Waals surface area contributed by atoms with Crippen LogP contribution in [0.25, 0.3) is 16.2 Å². The third-order valence-electron chi connectivity index (χ3n) is 5.83. The topological polar surface area (TPSA) is 130 Å². The van der Waals surface area contributed by atoms with Crippen LogP contribution >= 0.6 is 11.3 Å². The maximum absolute atomic E-state index is 12.9. The number of carboxylic acid groups (broad SMARTS) is 1. The molecule has 1 fully saturated rings. The summed E-state index contributed by atoms with van der Waals surface area (Å²) >= 11 is 1.31. The van der Waals surface area contributed by atoms with Crippen molar-refractivity contribution in [3.05, 3.63) is 69.1 Å². The Morgan fingerprint density at radius 1 is 1.18 bits per heavy atom. The maximum Gasteiger partial charge on any atom is 0.341 e. The van der Waals surface area contributed by atoms with Crippen LogP contribution in [-0.4, -0.2) is 49.6 Å². The maximum atomic E-state index is 12.9. The number of rotatable bonds is 5. The SMILES string of the molecule is Cc1cccnc1NC(=O)C1CN(c2cc(C)c3c(=O)c(C(=O)O)cn(-c4nccs4)c3n2)C1. The normalized spacial score (nSPS) is 13.6. The molecule has 5 rings (SSSR count). The second-order valence-corrected chi connectivity index (χ2v) is 8.99. The molecule has 0 unspecified atom stereocenters. The first-order valence-electron chi connectivity index (χ1n) is 10.5. The first-order valence-corrected chi connectivity index (χ1v) is 11.4. The molecule has 5 heterocycles. The molecule has 34 heavy (non-hydrogen) atoms. The second kappa shape index (κ2) is 8.34. The highest BCUT2D eigenvalue weighted by molar-refractivity contribution is 7.12. The van der Waals surface area contributed by atoms with E-state index in [0.717, 1.165) is 5.56 Å². The predicted molar refractivity (Wildman–Crippen MR) is 128 cm³/mol. The van der Waals surface area contributed by atoms with Crippen LogP contribution < -0.4 is 15.6 Å². The Morgan fingerprint density at radius 3 is 2.65 bits per heavy atom. The minimum Gasteiger partial charge on any atom is -0.477 e. The Morgan fingerprint density at radius 2 is 1.97 bits per heavy atom. The number of nitrogens with zero attached hydrogens (tertiary/aromatic N) is 5. The molecule has 0 spiro atoms. The first kappa shape index (κ1) is 21.7. The molecule has 0 aromatic carbocycles. The number of anilines is 2. The molecule has 10 nitrogen and oxygen atoms in total. The molecule has 1 amide bonds. The summed E-state index contributed by atoms with van der Waals surface area (Å²) < 4.78 is 1.54. The predicted octanol–water partition coefficient (Wildman–Crippen LogP) is 2.63. The van der Waals surface area contributed by atoms with E-state index in [2.05, 4.69) is 20.3 Å². The van der Waals surface area contributed by atoms with Crippen molar-refractivity contribution in [2.75, 3.05) is 23.3 Å². The van der Waals surface area contributed by atoms with Crippen LogP contribution in [0.1, 0.15) is 21.5 Å². The lowest BCUT2D eigenvalue weighted by atomic mass is 9.98. The number of aromatic nitrogens is 4. The summed E-state index contributed by atoms with van der Waals surface area (Å²) in [6, 6.07) is 5.45.